The lowest BCUT2D eigenvalue weighted by atomic mass is 9.75. The largest absolute Gasteiger partial charge is 0.378 e. The smallest absolute Gasteiger partial charge is 0.251 e. The third-order valence-corrected chi connectivity index (χ3v) is 4.07. The van der Waals surface area contributed by atoms with Gasteiger partial charge in [-0.25, -0.2) is 4.98 Å². The molecule has 0 amide bonds. The second-order valence-electron chi connectivity index (χ2n) is 5.17. The van der Waals surface area contributed by atoms with Gasteiger partial charge in [-0.05, 0) is 18.4 Å². The molecule has 0 atom stereocenters. The molecule has 0 aliphatic heterocycles. The minimum absolute atomic E-state index is 0.130. The first kappa shape index (κ1) is 15.4. The van der Waals surface area contributed by atoms with Crippen LogP contribution < -0.4 is 5.56 Å². The van der Waals surface area contributed by atoms with E-state index in [0.29, 0.717) is 12.3 Å². The van der Waals surface area contributed by atoms with Crippen molar-refractivity contribution in [3.8, 4) is 0 Å². The summed E-state index contributed by atoms with van der Waals surface area (Å²) in [5.74, 6) is 0.721. The van der Waals surface area contributed by atoms with Gasteiger partial charge in [-0.3, -0.25) is 4.79 Å². The van der Waals surface area contributed by atoms with Crippen LogP contribution in [-0.2, 0) is 16.8 Å². The molecule has 1 N–H and O–H groups in total. The summed E-state index contributed by atoms with van der Waals surface area (Å²) in [5.41, 5.74) is 1.44. The Bertz CT molecular complexity index is 631. The molecule has 0 radical (unpaired) electrons. The molecule has 2 aromatic rings. The van der Waals surface area contributed by atoms with E-state index >= 15 is 0 Å². The number of benzene rings is 1. The van der Waals surface area contributed by atoms with E-state index in [0.717, 1.165) is 18.7 Å². The molecule has 0 saturated carbocycles. The fraction of sp³-hybridized carbons (Fsp3) is 0.412. The van der Waals surface area contributed by atoms with E-state index in [-0.39, 0.29) is 11.0 Å². The first-order chi connectivity index (χ1) is 10.2. The number of nitrogens with zero attached hydrogens (tertiary/aromatic N) is 1. The van der Waals surface area contributed by atoms with E-state index in [1.54, 1.807) is 7.11 Å². The van der Waals surface area contributed by atoms with E-state index in [1.165, 1.54) is 11.6 Å². The van der Waals surface area contributed by atoms with E-state index in [4.69, 9.17) is 4.74 Å². The maximum absolute atomic E-state index is 11.9. The molecule has 1 heterocycles. The minimum atomic E-state index is -0.274. The fourth-order valence-electron chi connectivity index (χ4n) is 2.84. The van der Waals surface area contributed by atoms with Gasteiger partial charge in [-0.1, -0.05) is 44.2 Å². The van der Waals surface area contributed by atoms with E-state index in [9.17, 15) is 4.79 Å². The van der Waals surface area contributed by atoms with E-state index in [1.807, 2.05) is 18.2 Å². The molecule has 1 aromatic carbocycles. The molecule has 0 spiro atoms. The third-order valence-electron chi connectivity index (χ3n) is 4.07. The van der Waals surface area contributed by atoms with Crippen molar-refractivity contribution in [2.24, 2.45) is 0 Å². The number of hydrogen-bond acceptors (Lipinski definition) is 3. The topological polar surface area (TPSA) is 55.0 Å². The Morgan fingerprint density at radius 2 is 1.86 bits per heavy atom. The van der Waals surface area contributed by atoms with Crippen LogP contribution >= 0.6 is 0 Å². The Kier molecular flexibility index (Phi) is 4.91. The van der Waals surface area contributed by atoms with Gasteiger partial charge >= 0.3 is 0 Å². The van der Waals surface area contributed by atoms with Gasteiger partial charge in [0.05, 0.1) is 17.7 Å². The Morgan fingerprint density at radius 3 is 2.43 bits per heavy atom. The molecule has 4 nitrogen and oxygen atoms in total. The Balaban J connectivity index is 2.60. The molecule has 0 aliphatic carbocycles. The van der Waals surface area contributed by atoms with Gasteiger partial charge < -0.3 is 9.72 Å². The summed E-state index contributed by atoms with van der Waals surface area (Å²) >= 11 is 0. The molecule has 0 bridgehead atoms. The van der Waals surface area contributed by atoms with Crippen molar-refractivity contribution in [2.75, 3.05) is 7.11 Å². The highest BCUT2D eigenvalue weighted by molar-refractivity contribution is 5.33. The summed E-state index contributed by atoms with van der Waals surface area (Å²) in [7, 11) is 1.60. The molecule has 112 valence electrons. The Hall–Kier alpha value is -1.94. The quantitative estimate of drug-likeness (QED) is 0.888. The predicted molar refractivity (Wildman–Crippen MR) is 83.4 cm³/mol. The SMILES string of the molecule is CCC(CC)(c1ccccc1)c1nc(COC)cc(=O)[nH]1. The average molecular weight is 286 g/mol. The molecular weight excluding hydrogens is 264 g/mol. The molecule has 4 heteroatoms. The van der Waals surface area contributed by atoms with Crippen molar-refractivity contribution < 1.29 is 4.74 Å². The second kappa shape index (κ2) is 6.68. The normalized spacial score (nSPS) is 11.6. The first-order valence-corrected chi connectivity index (χ1v) is 7.31. The average Bonchev–Trinajstić information content (AvgIpc) is 2.50. The lowest BCUT2D eigenvalue weighted by Gasteiger charge is -2.31. The molecule has 0 aliphatic rings. The maximum atomic E-state index is 11.9. The molecule has 0 saturated heterocycles. The standard InChI is InChI=1S/C17H22N2O2/c1-4-17(5-2,13-9-7-6-8-10-13)16-18-14(12-21-3)11-15(20)19-16/h6-11H,4-5,12H2,1-3H3,(H,18,19,20). The number of hydrogen-bond donors (Lipinski definition) is 1. The zero-order chi connectivity index (χ0) is 15.3. The zero-order valence-electron chi connectivity index (χ0n) is 12.8. The maximum Gasteiger partial charge on any atom is 0.251 e. The predicted octanol–water partition coefficient (Wildman–Crippen LogP) is 3.02. The molecule has 0 unspecified atom stereocenters. The van der Waals surface area contributed by atoms with Crippen LogP contribution in [0.25, 0.3) is 0 Å². The van der Waals surface area contributed by atoms with Gasteiger partial charge in [0, 0.05) is 13.2 Å². The highest BCUT2D eigenvalue weighted by Gasteiger charge is 2.33. The molecule has 21 heavy (non-hydrogen) atoms. The monoisotopic (exact) mass is 286 g/mol. The van der Waals surface area contributed by atoms with Gasteiger partial charge in [-0.15, -0.1) is 0 Å². The number of nitrogens with one attached hydrogen (secondary N) is 1. The van der Waals surface area contributed by atoms with Crippen molar-refractivity contribution in [3.05, 3.63) is 63.8 Å². The van der Waals surface area contributed by atoms with Crippen LogP contribution in [0, 0.1) is 0 Å². The van der Waals surface area contributed by atoms with Crippen molar-refractivity contribution in [3.63, 3.8) is 0 Å². The van der Waals surface area contributed by atoms with Crippen LogP contribution in [0.4, 0.5) is 0 Å². The van der Waals surface area contributed by atoms with E-state index < -0.39 is 0 Å². The van der Waals surface area contributed by atoms with Crippen molar-refractivity contribution in [1.82, 2.24) is 9.97 Å². The van der Waals surface area contributed by atoms with Crippen LogP contribution in [0.2, 0.25) is 0 Å². The number of ether oxygens (including phenoxy) is 1. The summed E-state index contributed by atoms with van der Waals surface area (Å²) < 4.78 is 5.11. The zero-order valence-corrected chi connectivity index (χ0v) is 12.8. The third kappa shape index (κ3) is 3.05. The number of aromatic nitrogens is 2. The van der Waals surface area contributed by atoms with Gasteiger partial charge in [0.1, 0.15) is 5.82 Å². The van der Waals surface area contributed by atoms with Gasteiger partial charge in [0.15, 0.2) is 0 Å². The summed E-state index contributed by atoms with van der Waals surface area (Å²) in [6, 6.07) is 11.7. The van der Waals surface area contributed by atoms with Crippen molar-refractivity contribution in [2.45, 2.75) is 38.7 Å². The number of rotatable bonds is 6. The number of aromatic amines is 1. The lowest BCUT2D eigenvalue weighted by Crippen LogP contribution is -2.31. The van der Waals surface area contributed by atoms with Crippen LogP contribution in [-0.4, -0.2) is 17.1 Å². The van der Waals surface area contributed by atoms with Crippen LogP contribution in [0.5, 0.6) is 0 Å². The Morgan fingerprint density at radius 1 is 1.19 bits per heavy atom. The summed E-state index contributed by atoms with van der Waals surface area (Å²) in [4.78, 5) is 19.5. The number of H-pyrrole nitrogens is 1. The second-order valence-corrected chi connectivity index (χ2v) is 5.17. The van der Waals surface area contributed by atoms with Gasteiger partial charge in [-0.2, -0.15) is 0 Å². The highest BCUT2D eigenvalue weighted by Crippen LogP contribution is 2.36. The Labute approximate surface area is 125 Å². The summed E-state index contributed by atoms with van der Waals surface area (Å²) in [6.45, 7) is 4.59. The van der Waals surface area contributed by atoms with E-state index in [2.05, 4.69) is 35.9 Å². The molecular formula is C17H22N2O2. The highest BCUT2D eigenvalue weighted by atomic mass is 16.5. The minimum Gasteiger partial charge on any atom is -0.378 e. The van der Waals surface area contributed by atoms with Gasteiger partial charge in [0.2, 0.25) is 0 Å². The lowest BCUT2D eigenvalue weighted by molar-refractivity contribution is 0.180. The van der Waals surface area contributed by atoms with Crippen molar-refractivity contribution in [1.29, 1.82) is 0 Å². The van der Waals surface area contributed by atoms with Gasteiger partial charge in [0.25, 0.3) is 5.56 Å². The van der Waals surface area contributed by atoms with Crippen molar-refractivity contribution >= 4 is 0 Å². The molecule has 1 aromatic heterocycles. The summed E-state index contributed by atoms with van der Waals surface area (Å²) in [6.07, 6.45) is 1.74. The molecule has 0 fully saturated rings. The van der Waals surface area contributed by atoms with Crippen LogP contribution in [0.15, 0.2) is 41.2 Å². The van der Waals surface area contributed by atoms with Crippen LogP contribution in [0.3, 0.4) is 0 Å². The molecule has 2 rings (SSSR count). The fourth-order valence-corrected chi connectivity index (χ4v) is 2.84. The summed E-state index contributed by atoms with van der Waals surface area (Å²) in [5, 5.41) is 0. The van der Waals surface area contributed by atoms with Crippen LogP contribution in [0.1, 0.15) is 43.8 Å². The number of methoxy groups -OCH3 is 1. The first-order valence-electron chi connectivity index (χ1n) is 7.31.